The number of aromatic nitrogens is 2. The van der Waals surface area contributed by atoms with Gasteiger partial charge in [0.05, 0.1) is 31.5 Å². The average molecular weight is 351 g/mol. The molecule has 0 radical (unpaired) electrons. The van der Waals surface area contributed by atoms with Gasteiger partial charge in [-0.3, -0.25) is 0 Å². The molecule has 26 heavy (non-hydrogen) atoms. The first kappa shape index (κ1) is 16.6. The second kappa shape index (κ2) is 6.16. The second-order valence-electron chi connectivity index (χ2n) is 6.84. The molecule has 5 heteroatoms. The molecule has 2 aliphatic rings. The number of H-pyrrole nitrogens is 1. The van der Waals surface area contributed by atoms with Gasteiger partial charge in [0.15, 0.2) is 12.7 Å². The number of para-hydroxylation sites is 1. The minimum atomic E-state index is -0.285. The summed E-state index contributed by atoms with van der Waals surface area (Å²) in [5.41, 5.74) is 4.20. The minimum Gasteiger partial charge on any atom is -0.500 e. The molecule has 2 unspecified atom stereocenters. The zero-order valence-electron chi connectivity index (χ0n) is 14.0. The van der Waals surface area contributed by atoms with Gasteiger partial charge in [0.25, 0.3) is 0 Å². The molecule has 0 spiro atoms. The second-order valence-corrected chi connectivity index (χ2v) is 6.84. The minimum absolute atomic E-state index is 0. The topological polar surface area (TPSA) is 55.2 Å². The van der Waals surface area contributed by atoms with Crippen LogP contribution < -0.4 is 4.57 Å². The smallest absolute Gasteiger partial charge is 0.337 e. The van der Waals surface area contributed by atoms with E-state index in [1.807, 2.05) is 6.07 Å². The lowest BCUT2D eigenvalue weighted by atomic mass is 9.79. The molecule has 5 nitrogen and oxygen atoms in total. The van der Waals surface area contributed by atoms with Gasteiger partial charge in [-0.05, 0) is 6.07 Å². The summed E-state index contributed by atoms with van der Waals surface area (Å²) >= 11 is 0. The van der Waals surface area contributed by atoms with E-state index in [9.17, 15) is 4.79 Å². The van der Waals surface area contributed by atoms with Crippen LogP contribution in [0.4, 0.5) is 0 Å². The molecule has 2 aliphatic heterocycles. The molecule has 5 rings (SSSR count). The normalized spacial score (nSPS) is 21.2. The Morgan fingerprint density at radius 3 is 2.96 bits per heavy atom. The van der Waals surface area contributed by atoms with Gasteiger partial charge < -0.3 is 14.5 Å². The number of benzene rings is 1. The first-order valence-corrected chi connectivity index (χ1v) is 8.58. The number of hydrogen-bond acceptors (Lipinski definition) is 3. The van der Waals surface area contributed by atoms with E-state index in [0.717, 1.165) is 24.0 Å². The van der Waals surface area contributed by atoms with Crippen LogP contribution >= 0.6 is 0 Å². The molecule has 0 aliphatic carbocycles. The van der Waals surface area contributed by atoms with Crippen LogP contribution in [0.3, 0.4) is 0 Å². The van der Waals surface area contributed by atoms with E-state index >= 15 is 0 Å². The lowest BCUT2D eigenvalue weighted by Crippen LogP contribution is -2.51. The number of fused-ring (bicyclic) bond motifs is 6. The molecule has 1 aromatic carbocycles. The first-order valence-electron chi connectivity index (χ1n) is 8.58. The summed E-state index contributed by atoms with van der Waals surface area (Å²) in [7, 11) is 1.42. The highest BCUT2D eigenvalue weighted by molar-refractivity contribution is 6.07. The summed E-state index contributed by atoms with van der Waals surface area (Å²) in [6.07, 6.45) is 4.55. The summed E-state index contributed by atoms with van der Waals surface area (Å²) < 4.78 is 12.8. The predicted molar refractivity (Wildman–Crippen MR) is 99.5 cm³/mol. The van der Waals surface area contributed by atoms with Crippen LogP contribution in [0.2, 0.25) is 0 Å². The fourth-order valence-electron chi connectivity index (χ4n) is 4.31. The highest BCUT2D eigenvalue weighted by Gasteiger charge is 2.42. The van der Waals surface area contributed by atoms with Gasteiger partial charge in [-0.15, -0.1) is 0 Å². The summed E-state index contributed by atoms with van der Waals surface area (Å²) in [6.45, 7) is 1.49. The number of carbonyl (C=O) groups excluding carboxylic acids is 1. The highest BCUT2D eigenvalue weighted by Crippen LogP contribution is 2.35. The molecule has 134 valence electrons. The summed E-state index contributed by atoms with van der Waals surface area (Å²) in [5, 5.41) is 2.47. The van der Waals surface area contributed by atoms with Crippen molar-refractivity contribution in [3.63, 3.8) is 0 Å². The van der Waals surface area contributed by atoms with Crippen molar-refractivity contribution in [1.29, 1.82) is 0 Å². The lowest BCUT2D eigenvalue weighted by Gasteiger charge is -2.32. The molecule has 0 fully saturated rings. The Morgan fingerprint density at radius 2 is 2.12 bits per heavy atom. The number of nitrogens with one attached hydrogen (secondary N) is 1. The van der Waals surface area contributed by atoms with Crippen molar-refractivity contribution in [3.8, 4) is 0 Å². The third kappa shape index (κ3) is 2.30. The third-order valence-corrected chi connectivity index (χ3v) is 5.56. The molecule has 0 saturated carbocycles. The van der Waals surface area contributed by atoms with Crippen molar-refractivity contribution in [3.05, 3.63) is 54.1 Å². The largest absolute Gasteiger partial charge is 0.500 e. The van der Waals surface area contributed by atoms with Gasteiger partial charge >= 0.3 is 5.97 Å². The van der Waals surface area contributed by atoms with Gasteiger partial charge in [0.1, 0.15) is 5.52 Å². The maximum atomic E-state index is 12.2. The van der Waals surface area contributed by atoms with Gasteiger partial charge in [0.2, 0.25) is 5.69 Å². The summed E-state index contributed by atoms with van der Waals surface area (Å²) in [4.78, 5) is 15.7. The molecule has 4 heterocycles. The van der Waals surface area contributed by atoms with Crippen LogP contribution in [0.1, 0.15) is 13.1 Å². The van der Waals surface area contributed by atoms with Gasteiger partial charge in [-0.25, -0.2) is 9.36 Å². The van der Waals surface area contributed by atoms with Crippen LogP contribution in [0.25, 0.3) is 21.8 Å². The van der Waals surface area contributed by atoms with E-state index in [0.29, 0.717) is 18.1 Å². The van der Waals surface area contributed by atoms with E-state index in [-0.39, 0.29) is 19.3 Å². The first-order chi connectivity index (χ1) is 12.3. The van der Waals surface area contributed by atoms with Crippen LogP contribution in [-0.4, -0.2) is 24.7 Å². The van der Waals surface area contributed by atoms with E-state index < -0.39 is 0 Å². The molecule has 0 amide bonds. The standard InChI is InChI=1S/C20H18N2O3.CH4/c1-24-20(23)16-11-25-10-12-9-22-7-6-14-13-4-2-3-5-17(13)21-19(14)18(22)8-15(12)16;/h2-7,11-12,15H,8-10H2,1H3;1H4/p+1. The highest BCUT2D eigenvalue weighted by atomic mass is 16.5. The van der Waals surface area contributed by atoms with E-state index in [4.69, 9.17) is 9.47 Å². The summed E-state index contributed by atoms with van der Waals surface area (Å²) in [6, 6.07) is 10.5. The molecule has 2 aromatic heterocycles. The number of aromatic amines is 1. The van der Waals surface area contributed by atoms with Gasteiger partial charge in [-0.2, -0.15) is 0 Å². The fraction of sp³-hybridized carbons (Fsp3) is 0.333. The maximum absolute atomic E-state index is 12.2. The van der Waals surface area contributed by atoms with E-state index in [1.54, 1.807) is 6.26 Å². The zero-order valence-corrected chi connectivity index (χ0v) is 14.0. The van der Waals surface area contributed by atoms with E-state index in [1.165, 1.54) is 23.6 Å². The third-order valence-electron chi connectivity index (χ3n) is 5.56. The number of nitrogens with zero attached hydrogens (tertiary/aromatic N) is 1. The van der Waals surface area contributed by atoms with Crippen LogP contribution in [0.5, 0.6) is 0 Å². The molecule has 3 aromatic rings. The number of pyridine rings is 1. The zero-order chi connectivity index (χ0) is 17.0. The van der Waals surface area contributed by atoms with Crippen molar-refractivity contribution in [1.82, 2.24) is 4.98 Å². The Hall–Kier alpha value is -2.82. The van der Waals surface area contributed by atoms with Crippen molar-refractivity contribution in [2.24, 2.45) is 11.8 Å². The number of methoxy groups -OCH3 is 1. The number of ether oxygens (including phenoxy) is 2. The van der Waals surface area contributed by atoms with Crippen molar-refractivity contribution >= 4 is 27.8 Å². The summed E-state index contributed by atoms with van der Waals surface area (Å²) in [5.74, 6) is 0.142. The SMILES string of the molecule is C.COC(=O)C1=COCC2C[n+]3ccc4c([nH]c5ccccc54)c3CC12. The fourth-order valence-corrected chi connectivity index (χ4v) is 4.31. The molecule has 0 saturated heterocycles. The maximum Gasteiger partial charge on any atom is 0.337 e. The van der Waals surface area contributed by atoms with Crippen LogP contribution in [0.15, 0.2) is 48.4 Å². The number of esters is 1. The van der Waals surface area contributed by atoms with Gasteiger partial charge in [-0.1, -0.05) is 25.6 Å². The molecular formula is C21H23N2O3+. The van der Waals surface area contributed by atoms with Crippen molar-refractivity contribution in [2.45, 2.75) is 20.4 Å². The monoisotopic (exact) mass is 351 g/mol. The number of carbonyl (C=O) groups is 1. The molecule has 1 N–H and O–H groups in total. The Morgan fingerprint density at radius 1 is 1.27 bits per heavy atom. The molecular weight excluding hydrogens is 328 g/mol. The van der Waals surface area contributed by atoms with Crippen molar-refractivity contribution < 1.29 is 18.8 Å². The molecule has 0 bridgehead atoms. The van der Waals surface area contributed by atoms with Gasteiger partial charge in [0, 0.05) is 34.7 Å². The predicted octanol–water partition coefficient (Wildman–Crippen LogP) is 3.12. The molecule has 2 atom stereocenters. The quantitative estimate of drug-likeness (QED) is 0.541. The van der Waals surface area contributed by atoms with E-state index in [2.05, 4.69) is 40.0 Å². The van der Waals surface area contributed by atoms with Crippen LogP contribution in [0, 0.1) is 11.8 Å². The average Bonchev–Trinajstić information content (AvgIpc) is 3.04. The Balaban J connectivity index is 0.00000168. The number of hydrogen-bond donors (Lipinski definition) is 1. The Bertz CT molecular complexity index is 1030. The Labute approximate surface area is 152 Å². The lowest BCUT2D eigenvalue weighted by molar-refractivity contribution is -0.716. The van der Waals surface area contributed by atoms with Crippen molar-refractivity contribution in [2.75, 3.05) is 13.7 Å². The van der Waals surface area contributed by atoms with Crippen LogP contribution in [-0.2, 0) is 27.2 Å². The number of rotatable bonds is 1. The Kier molecular flexibility index (Phi) is 3.94.